The molecule has 0 saturated carbocycles. The molecule has 30 heavy (non-hydrogen) atoms. The van der Waals surface area contributed by atoms with E-state index in [0.717, 1.165) is 29.5 Å². The van der Waals surface area contributed by atoms with Crippen LogP contribution in [0.3, 0.4) is 0 Å². The molecule has 1 heterocycles. The summed E-state index contributed by atoms with van der Waals surface area (Å²) in [4.78, 5) is 15.2. The van der Waals surface area contributed by atoms with Gasteiger partial charge in [0.05, 0.1) is 17.7 Å². The zero-order valence-corrected chi connectivity index (χ0v) is 16.7. The summed E-state index contributed by atoms with van der Waals surface area (Å²) < 4.78 is 0. The maximum atomic E-state index is 13.3. The quantitative estimate of drug-likeness (QED) is 0.688. The first-order chi connectivity index (χ1) is 14.7. The van der Waals surface area contributed by atoms with E-state index in [4.69, 9.17) is 0 Å². The van der Waals surface area contributed by atoms with Crippen LogP contribution in [0.4, 0.5) is 0 Å². The Hall–Kier alpha value is -3.42. The number of aliphatic hydroxyl groups is 1. The molecule has 4 nitrogen and oxygen atoms in total. The lowest BCUT2D eigenvalue weighted by Crippen LogP contribution is -2.40. The first-order valence-electron chi connectivity index (χ1n) is 10.3. The molecule has 150 valence electrons. The number of rotatable bonds is 4. The molecule has 0 aliphatic carbocycles. The summed E-state index contributed by atoms with van der Waals surface area (Å²) >= 11 is 0. The van der Waals surface area contributed by atoms with Gasteiger partial charge in [0.15, 0.2) is 0 Å². The largest absolute Gasteiger partial charge is 0.388 e. The number of nitriles is 1. The van der Waals surface area contributed by atoms with Crippen molar-refractivity contribution in [2.45, 2.75) is 18.9 Å². The van der Waals surface area contributed by atoms with E-state index in [1.807, 2.05) is 77.7 Å². The number of carbonyl (C=O) groups excluding carboxylic acids is 1. The summed E-state index contributed by atoms with van der Waals surface area (Å²) in [5, 5.41) is 20.2. The van der Waals surface area contributed by atoms with Gasteiger partial charge in [-0.25, -0.2) is 0 Å². The van der Waals surface area contributed by atoms with Gasteiger partial charge in [0.1, 0.15) is 0 Å². The van der Waals surface area contributed by atoms with E-state index in [1.165, 1.54) is 0 Å². The number of likely N-dealkylation sites (tertiary alicyclic amines) is 1. The van der Waals surface area contributed by atoms with Gasteiger partial charge in [0.2, 0.25) is 0 Å². The van der Waals surface area contributed by atoms with E-state index >= 15 is 0 Å². The lowest BCUT2D eigenvalue weighted by Gasteiger charge is -2.34. The smallest absolute Gasteiger partial charge is 0.254 e. The third kappa shape index (κ3) is 3.98. The molecule has 4 heteroatoms. The summed E-state index contributed by atoms with van der Waals surface area (Å²) in [6.45, 7) is 1.23. The van der Waals surface area contributed by atoms with Gasteiger partial charge in [0.25, 0.3) is 5.91 Å². The Labute approximate surface area is 177 Å². The third-order valence-corrected chi connectivity index (χ3v) is 5.91. The summed E-state index contributed by atoms with van der Waals surface area (Å²) in [5.74, 6) is 0.122. The van der Waals surface area contributed by atoms with Crippen LogP contribution in [0.25, 0.3) is 11.1 Å². The van der Waals surface area contributed by atoms with Crippen LogP contribution in [0.2, 0.25) is 0 Å². The average Bonchev–Trinajstić information content (AvgIpc) is 2.83. The molecule has 3 aromatic rings. The maximum Gasteiger partial charge on any atom is 0.254 e. The second-order valence-electron chi connectivity index (χ2n) is 7.69. The zero-order chi connectivity index (χ0) is 20.9. The van der Waals surface area contributed by atoms with Crippen LogP contribution in [-0.2, 0) is 0 Å². The normalized spacial score (nSPS) is 15.4. The Morgan fingerprint density at radius 1 is 0.900 bits per heavy atom. The van der Waals surface area contributed by atoms with Crippen molar-refractivity contribution in [3.05, 3.63) is 95.6 Å². The molecule has 1 atom stereocenters. The fourth-order valence-electron chi connectivity index (χ4n) is 4.23. The van der Waals surface area contributed by atoms with Gasteiger partial charge in [-0.3, -0.25) is 4.79 Å². The summed E-state index contributed by atoms with van der Waals surface area (Å²) in [5.41, 5.74) is 3.66. The standard InChI is InChI=1S/C26H24N2O2/c27-18-21-10-4-5-11-22(21)23-12-6-7-13-24(23)26(30)28-16-14-20(15-17-28)25(29)19-8-2-1-3-9-19/h1-13,20,25,29H,14-17H2. The lowest BCUT2D eigenvalue weighted by atomic mass is 9.87. The SMILES string of the molecule is N#Cc1ccccc1-c1ccccc1C(=O)N1CCC(C(O)c2ccccc2)CC1. The van der Waals surface area contributed by atoms with Crippen LogP contribution in [0.15, 0.2) is 78.9 Å². The number of carbonyl (C=O) groups is 1. The number of benzene rings is 3. The van der Waals surface area contributed by atoms with Crippen LogP contribution in [-0.4, -0.2) is 29.0 Å². The fraction of sp³-hybridized carbons (Fsp3) is 0.231. The van der Waals surface area contributed by atoms with Crippen molar-refractivity contribution in [2.75, 3.05) is 13.1 Å². The molecule has 0 aromatic heterocycles. The van der Waals surface area contributed by atoms with Crippen LogP contribution in [0, 0.1) is 17.2 Å². The Morgan fingerprint density at radius 2 is 1.50 bits per heavy atom. The topological polar surface area (TPSA) is 64.3 Å². The Morgan fingerprint density at radius 3 is 2.20 bits per heavy atom. The number of piperidine rings is 1. The molecule has 4 rings (SSSR count). The molecule has 1 N–H and O–H groups in total. The first-order valence-corrected chi connectivity index (χ1v) is 10.3. The first kappa shape index (κ1) is 19.9. The van der Waals surface area contributed by atoms with Crippen LogP contribution in [0.1, 0.15) is 40.4 Å². The van der Waals surface area contributed by atoms with Crippen molar-refractivity contribution in [1.82, 2.24) is 4.90 Å². The van der Waals surface area contributed by atoms with Gasteiger partial charge in [-0.1, -0.05) is 66.7 Å². The molecule has 3 aromatic carbocycles. The summed E-state index contributed by atoms with van der Waals surface area (Å²) in [7, 11) is 0. The van der Waals surface area contributed by atoms with Crippen molar-refractivity contribution < 1.29 is 9.90 Å². The van der Waals surface area contributed by atoms with Crippen molar-refractivity contribution in [3.8, 4) is 17.2 Å². The van der Waals surface area contributed by atoms with Gasteiger partial charge in [-0.15, -0.1) is 0 Å². The maximum absolute atomic E-state index is 13.3. The molecular formula is C26H24N2O2. The summed E-state index contributed by atoms with van der Waals surface area (Å²) in [6.07, 6.45) is 1.02. The minimum absolute atomic E-state index is 0.0222. The zero-order valence-electron chi connectivity index (χ0n) is 16.7. The van der Waals surface area contributed by atoms with Gasteiger partial charge in [-0.2, -0.15) is 5.26 Å². The second-order valence-corrected chi connectivity index (χ2v) is 7.69. The minimum Gasteiger partial charge on any atom is -0.388 e. The number of hydrogen-bond acceptors (Lipinski definition) is 3. The molecule has 0 radical (unpaired) electrons. The predicted molar refractivity (Wildman–Crippen MR) is 117 cm³/mol. The highest BCUT2D eigenvalue weighted by atomic mass is 16.3. The molecule has 0 bridgehead atoms. The van der Waals surface area contributed by atoms with Crippen LogP contribution >= 0.6 is 0 Å². The van der Waals surface area contributed by atoms with E-state index in [1.54, 1.807) is 6.07 Å². The van der Waals surface area contributed by atoms with Crippen LogP contribution < -0.4 is 0 Å². The van der Waals surface area contributed by atoms with Crippen molar-refractivity contribution in [1.29, 1.82) is 5.26 Å². The average molecular weight is 396 g/mol. The minimum atomic E-state index is -0.502. The number of nitrogens with zero attached hydrogens (tertiary/aromatic N) is 2. The Kier molecular flexibility index (Phi) is 5.92. The molecule has 1 amide bonds. The number of aliphatic hydroxyl groups excluding tert-OH is 1. The van der Waals surface area contributed by atoms with E-state index < -0.39 is 6.10 Å². The molecule has 1 fully saturated rings. The molecule has 1 aliphatic rings. The summed E-state index contributed by atoms with van der Waals surface area (Å²) in [6, 6.07) is 26.8. The van der Waals surface area contributed by atoms with Crippen molar-refractivity contribution in [3.63, 3.8) is 0 Å². The van der Waals surface area contributed by atoms with Gasteiger partial charge >= 0.3 is 0 Å². The third-order valence-electron chi connectivity index (χ3n) is 5.91. The molecule has 1 saturated heterocycles. The molecule has 0 spiro atoms. The highest BCUT2D eigenvalue weighted by Gasteiger charge is 2.29. The van der Waals surface area contributed by atoms with Crippen LogP contribution in [0.5, 0.6) is 0 Å². The number of hydrogen-bond donors (Lipinski definition) is 1. The number of amides is 1. The van der Waals surface area contributed by atoms with Gasteiger partial charge in [-0.05, 0) is 42.0 Å². The Bertz CT molecular complexity index is 1060. The predicted octanol–water partition coefficient (Wildman–Crippen LogP) is 4.81. The Balaban J connectivity index is 1.51. The molecule has 1 unspecified atom stereocenters. The van der Waals surface area contributed by atoms with E-state index in [0.29, 0.717) is 24.2 Å². The molecular weight excluding hydrogens is 372 g/mol. The second kappa shape index (κ2) is 8.94. The highest BCUT2D eigenvalue weighted by molar-refractivity contribution is 6.01. The van der Waals surface area contributed by atoms with Crippen molar-refractivity contribution in [2.24, 2.45) is 5.92 Å². The lowest BCUT2D eigenvalue weighted by molar-refractivity contribution is 0.0463. The molecule has 1 aliphatic heterocycles. The van der Waals surface area contributed by atoms with E-state index in [2.05, 4.69) is 6.07 Å². The highest BCUT2D eigenvalue weighted by Crippen LogP contribution is 2.32. The van der Waals surface area contributed by atoms with Crippen molar-refractivity contribution >= 4 is 5.91 Å². The fourth-order valence-corrected chi connectivity index (χ4v) is 4.23. The van der Waals surface area contributed by atoms with E-state index in [9.17, 15) is 15.2 Å². The van der Waals surface area contributed by atoms with E-state index in [-0.39, 0.29) is 11.8 Å². The monoisotopic (exact) mass is 396 g/mol. The van der Waals surface area contributed by atoms with Gasteiger partial charge in [0, 0.05) is 24.2 Å². The van der Waals surface area contributed by atoms with Gasteiger partial charge < -0.3 is 10.0 Å².